The lowest BCUT2D eigenvalue weighted by atomic mass is 10.2. The average molecular weight is 575 g/mol. The summed E-state index contributed by atoms with van der Waals surface area (Å²) < 4.78 is 11.1. The van der Waals surface area contributed by atoms with Gasteiger partial charge in [0.2, 0.25) is 5.88 Å². The van der Waals surface area contributed by atoms with Crippen molar-refractivity contribution in [2.24, 2.45) is 4.99 Å². The van der Waals surface area contributed by atoms with Gasteiger partial charge in [-0.2, -0.15) is 0 Å². The third kappa shape index (κ3) is 6.96. The topological polar surface area (TPSA) is 83.2 Å². The lowest BCUT2D eigenvalue weighted by Crippen LogP contribution is -2.53. The SMILES string of the molecule is CCNC(=NCc1ccnc(OCc2ccccc2)c1)N1CCN(C(=O)c2ccco2)CC1.I. The maximum Gasteiger partial charge on any atom is 0.289 e. The molecule has 1 aromatic carbocycles. The molecule has 1 N–H and O–H groups in total. The summed E-state index contributed by atoms with van der Waals surface area (Å²) in [5.41, 5.74) is 2.12. The monoisotopic (exact) mass is 575 g/mol. The number of nitrogens with one attached hydrogen (secondary N) is 1. The highest BCUT2D eigenvalue weighted by atomic mass is 127. The second-order valence-corrected chi connectivity index (χ2v) is 7.70. The highest BCUT2D eigenvalue weighted by Crippen LogP contribution is 2.14. The van der Waals surface area contributed by atoms with Gasteiger partial charge in [0.25, 0.3) is 5.91 Å². The number of hydrogen-bond acceptors (Lipinski definition) is 5. The third-order valence-corrected chi connectivity index (χ3v) is 5.37. The third-order valence-electron chi connectivity index (χ3n) is 5.37. The van der Waals surface area contributed by atoms with Gasteiger partial charge in [0, 0.05) is 45.0 Å². The molecule has 9 heteroatoms. The van der Waals surface area contributed by atoms with E-state index in [-0.39, 0.29) is 29.9 Å². The number of piperazine rings is 1. The number of amides is 1. The molecular weight excluding hydrogens is 545 g/mol. The fourth-order valence-electron chi connectivity index (χ4n) is 3.63. The second kappa shape index (κ2) is 13.0. The molecule has 1 aliphatic rings. The number of aromatic nitrogens is 1. The van der Waals surface area contributed by atoms with Crippen LogP contribution in [0, 0.1) is 0 Å². The molecule has 0 saturated carbocycles. The molecule has 8 nitrogen and oxygen atoms in total. The van der Waals surface area contributed by atoms with Crippen LogP contribution >= 0.6 is 24.0 Å². The van der Waals surface area contributed by atoms with Gasteiger partial charge < -0.3 is 24.3 Å². The molecule has 0 atom stereocenters. The van der Waals surface area contributed by atoms with E-state index in [1.54, 1.807) is 18.3 Å². The first-order valence-electron chi connectivity index (χ1n) is 11.2. The summed E-state index contributed by atoms with van der Waals surface area (Å²) >= 11 is 0. The lowest BCUT2D eigenvalue weighted by Gasteiger charge is -2.36. The molecule has 1 saturated heterocycles. The Bertz CT molecular complexity index is 1050. The van der Waals surface area contributed by atoms with E-state index in [9.17, 15) is 4.79 Å². The Kier molecular flexibility index (Phi) is 9.75. The highest BCUT2D eigenvalue weighted by molar-refractivity contribution is 14.0. The average Bonchev–Trinajstić information content (AvgIpc) is 3.41. The van der Waals surface area contributed by atoms with Crippen molar-refractivity contribution >= 4 is 35.8 Å². The van der Waals surface area contributed by atoms with Crippen LogP contribution in [0.15, 0.2) is 76.5 Å². The Hall–Kier alpha value is -3.08. The number of carbonyl (C=O) groups excluding carboxylic acids is 1. The number of nitrogens with zero attached hydrogens (tertiary/aromatic N) is 4. The molecule has 3 heterocycles. The first-order chi connectivity index (χ1) is 16.2. The van der Waals surface area contributed by atoms with E-state index < -0.39 is 0 Å². The van der Waals surface area contributed by atoms with Gasteiger partial charge in [-0.3, -0.25) is 4.79 Å². The van der Waals surface area contributed by atoms with Gasteiger partial charge >= 0.3 is 0 Å². The summed E-state index contributed by atoms with van der Waals surface area (Å²) in [5, 5.41) is 3.36. The minimum atomic E-state index is -0.0681. The van der Waals surface area contributed by atoms with Gasteiger partial charge in [-0.25, -0.2) is 9.98 Å². The Morgan fingerprint density at radius 3 is 2.53 bits per heavy atom. The molecule has 4 rings (SSSR count). The van der Waals surface area contributed by atoms with Gasteiger partial charge in [0.1, 0.15) is 6.61 Å². The van der Waals surface area contributed by atoms with Crippen LogP contribution in [0.4, 0.5) is 0 Å². The van der Waals surface area contributed by atoms with Gasteiger partial charge in [0.15, 0.2) is 11.7 Å². The van der Waals surface area contributed by atoms with Gasteiger partial charge in [-0.15, -0.1) is 24.0 Å². The number of hydrogen-bond donors (Lipinski definition) is 1. The molecule has 0 unspecified atom stereocenters. The van der Waals surface area contributed by atoms with E-state index in [1.807, 2.05) is 54.3 Å². The number of halogens is 1. The number of pyridine rings is 1. The van der Waals surface area contributed by atoms with Crippen LogP contribution in [0.25, 0.3) is 0 Å². The minimum Gasteiger partial charge on any atom is -0.473 e. The molecule has 34 heavy (non-hydrogen) atoms. The number of ether oxygens (including phenoxy) is 1. The molecule has 1 aliphatic heterocycles. The molecule has 0 spiro atoms. The summed E-state index contributed by atoms with van der Waals surface area (Å²) in [7, 11) is 0. The Morgan fingerprint density at radius 2 is 1.82 bits per heavy atom. The first kappa shape index (κ1) is 25.5. The fraction of sp³-hybridized carbons (Fsp3) is 0.320. The molecule has 0 aliphatic carbocycles. The number of guanidine groups is 1. The molecule has 0 bridgehead atoms. The van der Waals surface area contributed by atoms with Crippen molar-refractivity contribution < 1.29 is 13.9 Å². The predicted molar refractivity (Wildman–Crippen MR) is 141 cm³/mol. The molecule has 1 fully saturated rings. The predicted octanol–water partition coefficient (Wildman–Crippen LogP) is 3.80. The van der Waals surface area contributed by atoms with Crippen molar-refractivity contribution in [3.8, 4) is 5.88 Å². The molecule has 2 aromatic heterocycles. The van der Waals surface area contributed by atoms with Crippen molar-refractivity contribution in [2.45, 2.75) is 20.1 Å². The number of furan rings is 1. The molecule has 1 amide bonds. The molecule has 0 radical (unpaired) electrons. The number of benzene rings is 1. The van der Waals surface area contributed by atoms with Crippen molar-refractivity contribution in [2.75, 3.05) is 32.7 Å². The van der Waals surface area contributed by atoms with Crippen LogP contribution in [-0.2, 0) is 13.2 Å². The zero-order valence-electron chi connectivity index (χ0n) is 19.2. The van der Waals surface area contributed by atoms with Crippen LogP contribution in [-0.4, -0.2) is 59.4 Å². The van der Waals surface area contributed by atoms with Gasteiger partial charge in [-0.05, 0) is 36.2 Å². The Labute approximate surface area is 217 Å². The summed E-state index contributed by atoms with van der Waals surface area (Å²) in [6.07, 6.45) is 3.27. The zero-order chi connectivity index (χ0) is 22.9. The lowest BCUT2D eigenvalue weighted by molar-refractivity contribution is 0.0657. The normalized spacial score (nSPS) is 13.9. The molecule has 180 valence electrons. The van der Waals surface area contributed by atoms with Crippen molar-refractivity contribution in [3.05, 3.63) is 83.9 Å². The molecule has 3 aromatic rings. The minimum absolute atomic E-state index is 0. The largest absolute Gasteiger partial charge is 0.473 e. The summed E-state index contributed by atoms with van der Waals surface area (Å²) in [5.74, 6) is 1.74. The Morgan fingerprint density at radius 1 is 1.06 bits per heavy atom. The van der Waals surface area contributed by atoms with E-state index in [0.29, 0.717) is 51.0 Å². The van der Waals surface area contributed by atoms with Gasteiger partial charge in [0.05, 0.1) is 12.8 Å². The van der Waals surface area contributed by atoms with E-state index in [2.05, 4.69) is 15.2 Å². The van der Waals surface area contributed by atoms with E-state index in [0.717, 1.165) is 23.6 Å². The standard InChI is InChI=1S/C25H29N5O3.HI/c1-2-26-25(30-14-12-29(13-15-30)24(31)22-9-6-16-32-22)28-18-21-10-11-27-23(17-21)33-19-20-7-4-3-5-8-20;/h3-11,16-17H,2,12-15,18-19H2,1H3,(H,26,28);1H. The maximum atomic E-state index is 12.5. The number of rotatable bonds is 7. The van der Waals surface area contributed by atoms with E-state index in [4.69, 9.17) is 14.1 Å². The maximum absolute atomic E-state index is 12.5. The van der Waals surface area contributed by atoms with E-state index in [1.165, 1.54) is 6.26 Å². The van der Waals surface area contributed by atoms with Crippen molar-refractivity contribution in [1.82, 2.24) is 20.1 Å². The second-order valence-electron chi connectivity index (χ2n) is 7.70. The summed E-state index contributed by atoms with van der Waals surface area (Å²) in [6, 6.07) is 17.3. The van der Waals surface area contributed by atoms with Crippen LogP contribution in [0.1, 0.15) is 28.6 Å². The highest BCUT2D eigenvalue weighted by Gasteiger charge is 2.25. The van der Waals surface area contributed by atoms with Crippen LogP contribution in [0.2, 0.25) is 0 Å². The first-order valence-corrected chi connectivity index (χ1v) is 11.2. The van der Waals surface area contributed by atoms with Gasteiger partial charge in [-0.1, -0.05) is 30.3 Å². The number of carbonyl (C=O) groups is 1. The van der Waals surface area contributed by atoms with Crippen LogP contribution in [0.5, 0.6) is 5.88 Å². The summed E-state index contributed by atoms with van der Waals surface area (Å²) in [4.78, 5) is 25.6. The number of aliphatic imine (C=N–C) groups is 1. The summed E-state index contributed by atoms with van der Waals surface area (Å²) in [6.45, 7) is 6.47. The Balaban J connectivity index is 0.00000324. The van der Waals surface area contributed by atoms with Crippen molar-refractivity contribution in [1.29, 1.82) is 0 Å². The van der Waals surface area contributed by atoms with Crippen LogP contribution < -0.4 is 10.1 Å². The van der Waals surface area contributed by atoms with Crippen LogP contribution in [0.3, 0.4) is 0 Å². The van der Waals surface area contributed by atoms with E-state index >= 15 is 0 Å². The van der Waals surface area contributed by atoms with Crippen molar-refractivity contribution in [3.63, 3.8) is 0 Å². The fourth-order valence-corrected chi connectivity index (χ4v) is 3.63. The zero-order valence-corrected chi connectivity index (χ0v) is 21.6. The molecular formula is C25H30IN5O3. The smallest absolute Gasteiger partial charge is 0.289 e. The quantitative estimate of drug-likeness (QED) is 0.262.